The number of carboxylic acid groups (broad SMARTS) is 1. The topological polar surface area (TPSA) is 49.3 Å². The maximum Gasteiger partial charge on any atom is 0.306 e. The number of halogens is 1. The van der Waals surface area contributed by atoms with Crippen LogP contribution in [0.2, 0.25) is 0 Å². The lowest BCUT2D eigenvalue weighted by atomic mass is 9.95. The summed E-state index contributed by atoms with van der Waals surface area (Å²) < 4.78 is 13.1. The second-order valence-corrected chi connectivity index (χ2v) is 5.32. The van der Waals surface area contributed by atoms with E-state index in [0.717, 1.165) is 24.8 Å². The van der Waals surface area contributed by atoms with Gasteiger partial charge in [-0.05, 0) is 49.9 Å². The standard InChI is InChI=1S/C15H20FNO2/c1-10(11-4-2-6-13(16)8-11)17-9-12-5-3-7-14(12)15(18)19/h2,4,6,8,10,12,14,17H,3,5,7,9H2,1H3,(H,18,19). The minimum absolute atomic E-state index is 0.0331. The molecule has 0 aliphatic heterocycles. The first-order chi connectivity index (χ1) is 9.08. The van der Waals surface area contributed by atoms with E-state index in [9.17, 15) is 9.18 Å². The predicted octanol–water partition coefficient (Wildman–Crippen LogP) is 2.98. The van der Waals surface area contributed by atoms with E-state index in [0.29, 0.717) is 6.54 Å². The van der Waals surface area contributed by atoms with Crippen molar-refractivity contribution in [3.8, 4) is 0 Å². The monoisotopic (exact) mass is 265 g/mol. The number of aliphatic carboxylic acids is 1. The van der Waals surface area contributed by atoms with E-state index in [1.807, 2.05) is 13.0 Å². The molecule has 0 aromatic heterocycles. The van der Waals surface area contributed by atoms with Gasteiger partial charge in [-0.1, -0.05) is 18.6 Å². The van der Waals surface area contributed by atoms with E-state index in [1.165, 1.54) is 12.1 Å². The molecule has 19 heavy (non-hydrogen) atoms. The third-order valence-electron chi connectivity index (χ3n) is 4.01. The van der Waals surface area contributed by atoms with Gasteiger partial charge in [0.2, 0.25) is 0 Å². The molecule has 3 nitrogen and oxygen atoms in total. The van der Waals surface area contributed by atoms with E-state index < -0.39 is 5.97 Å². The third kappa shape index (κ3) is 3.53. The molecule has 4 heteroatoms. The van der Waals surface area contributed by atoms with Crippen molar-refractivity contribution in [2.45, 2.75) is 32.2 Å². The SMILES string of the molecule is CC(NCC1CCCC1C(=O)O)c1cccc(F)c1. The summed E-state index contributed by atoms with van der Waals surface area (Å²) in [6, 6.07) is 6.54. The van der Waals surface area contributed by atoms with Gasteiger partial charge in [-0.3, -0.25) is 4.79 Å². The number of benzene rings is 1. The summed E-state index contributed by atoms with van der Waals surface area (Å²) in [6.45, 7) is 2.65. The first-order valence-electron chi connectivity index (χ1n) is 6.79. The second-order valence-electron chi connectivity index (χ2n) is 5.32. The molecule has 1 aromatic carbocycles. The van der Waals surface area contributed by atoms with Crippen LogP contribution >= 0.6 is 0 Å². The van der Waals surface area contributed by atoms with Crippen molar-refractivity contribution in [3.05, 3.63) is 35.6 Å². The average molecular weight is 265 g/mol. The van der Waals surface area contributed by atoms with Gasteiger partial charge in [0.05, 0.1) is 5.92 Å². The van der Waals surface area contributed by atoms with Crippen LogP contribution in [0.1, 0.15) is 37.8 Å². The highest BCUT2D eigenvalue weighted by Crippen LogP contribution is 2.31. The van der Waals surface area contributed by atoms with Crippen molar-refractivity contribution in [1.82, 2.24) is 5.32 Å². The zero-order valence-electron chi connectivity index (χ0n) is 11.1. The van der Waals surface area contributed by atoms with Gasteiger partial charge in [-0.15, -0.1) is 0 Å². The minimum atomic E-state index is -0.692. The van der Waals surface area contributed by atoms with Crippen molar-refractivity contribution in [3.63, 3.8) is 0 Å². The Morgan fingerprint density at radius 3 is 3.00 bits per heavy atom. The molecule has 1 aliphatic rings. The molecule has 3 atom stereocenters. The van der Waals surface area contributed by atoms with Crippen LogP contribution in [0.3, 0.4) is 0 Å². The summed E-state index contributed by atoms with van der Waals surface area (Å²) in [5.74, 6) is -0.973. The summed E-state index contributed by atoms with van der Waals surface area (Å²) in [5.41, 5.74) is 0.893. The summed E-state index contributed by atoms with van der Waals surface area (Å²) in [6.07, 6.45) is 2.72. The number of carboxylic acids is 1. The lowest BCUT2D eigenvalue weighted by Crippen LogP contribution is -2.30. The molecule has 0 heterocycles. The van der Waals surface area contributed by atoms with Gasteiger partial charge < -0.3 is 10.4 Å². The van der Waals surface area contributed by atoms with Gasteiger partial charge >= 0.3 is 5.97 Å². The number of hydrogen-bond donors (Lipinski definition) is 2. The third-order valence-corrected chi connectivity index (χ3v) is 4.01. The molecule has 0 amide bonds. The maximum absolute atomic E-state index is 13.1. The lowest BCUT2D eigenvalue weighted by molar-refractivity contribution is -0.142. The van der Waals surface area contributed by atoms with Crippen LogP contribution < -0.4 is 5.32 Å². The minimum Gasteiger partial charge on any atom is -0.481 e. The van der Waals surface area contributed by atoms with Crippen LogP contribution in [0.4, 0.5) is 4.39 Å². The van der Waals surface area contributed by atoms with Crippen LogP contribution in [0.5, 0.6) is 0 Å². The zero-order valence-corrected chi connectivity index (χ0v) is 11.1. The number of nitrogens with one attached hydrogen (secondary N) is 1. The number of rotatable bonds is 5. The molecule has 104 valence electrons. The van der Waals surface area contributed by atoms with E-state index in [1.54, 1.807) is 6.07 Å². The maximum atomic E-state index is 13.1. The molecule has 0 bridgehead atoms. The Bertz CT molecular complexity index is 450. The van der Waals surface area contributed by atoms with Gasteiger partial charge in [0.1, 0.15) is 5.82 Å². The summed E-state index contributed by atoms with van der Waals surface area (Å²) >= 11 is 0. The molecule has 1 aromatic rings. The summed E-state index contributed by atoms with van der Waals surface area (Å²) in [5, 5.41) is 12.4. The van der Waals surface area contributed by atoms with Gasteiger partial charge in [-0.25, -0.2) is 4.39 Å². The van der Waals surface area contributed by atoms with Crippen molar-refractivity contribution in [1.29, 1.82) is 0 Å². The molecule has 2 rings (SSSR count). The quantitative estimate of drug-likeness (QED) is 0.860. The van der Waals surface area contributed by atoms with Crippen LogP contribution in [0.25, 0.3) is 0 Å². The molecular weight excluding hydrogens is 245 g/mol. The Hall–Kier alpha value is -1.42. The molecule has 1 saturated carbocycles. The van der Waals surface area contributed by atoms with Crippen molar-refractivity contribution >= 4 is 5.97 Å². The first kappa shape index (κ1) is 14.0. The fraction of sp³-hybridized carbons (Fsp3) is 0.533. The van der Waals surface area contributed by atoms with Gasteiger partial charge in [0, 0.05) is 6.04 Å². The van der Waals surface area contributed by atoms with Crippen LogP contribution in [-0.2, 0) is 4.79 Å². The van der Waals surface area contributed by atoms with E-state index in [-0.39, 0.29) is 23.7 Å². The summed E-state index contributed by atoms with van der Waals surface area (Å²) in [4.78, 5) is 11.1. The van der Waals surface area contributed by atoms with E-state index >= 15 is 0 Å². The smallest absolute Gasteiger partial charge is 0.306 e. The van der Waals surface area contributed by atoms with E-state index in [2.05, 4.69) is 5.32 Å². The van der Waals surface area contributed by atoms with Crippen LogP contribution in [-0.4, -0.2) is 17.6 Å². The Morgan fingerprint density at radius 1 is 1.53 bits per heavy atom. The highest BCUT2D eigenvalue weighted by Gasteiger charge is 2.32. The molecule has 0 radical (unpaired) electrons. The first-order valence-corrected chi connectivity index (χ1v) is 6.79. The fourth-order valence-corrected chi connectivity index (χ4v) is 2.83. The predicted molar refractivity (Wildman–Crippen MR) is 71.3 cm³/mol. The Balaban J connectivity index is 1.90. The van der Waals surface area contributed by atoms with Gasteiger partial charge in [-0.2, -0.15) is 0 Å². The largest absolute Gasteiger partial charge is 0.481 e. The van der Waals surface area contributed by atoms with Crippen molar-refractivity contribution < 1.29 is 14.3 Å². The van der Waals surface area contributed by atoms with Gasteiger partial charge in [0.25, 0.3) is 0 Å². The highest BCUT2D eigenvalue weighted by molar-refractivity contribution is 5.70. The van der Waals surface area contributed by atoms with Crippen LogP contribution in [0, 0.1) is 17.7 Å². The summed E-state index contributed by atoms with van der Waals surface area (Å²) in [7, 11) is 0. The molecule has 3 unspecified atom stereocenters. The Morgan fingerprint density at radius 2 is 2.32 bits per heavy atom. The molecule has 2 N–H and O–H groups in total. The van der Waals surface area contributed by atoms with Crippen LogP contribution in [0.15, 0.2) is 24.3 Å². The number of carbonyl (C=O) groups is 1. The molecule has 1 aliphatic carbocycles. The molecule has 0 saturated heterocycles. The molecule has 0 spiro atoms. The highest BCUT2D eigenvalue weighted by atomic mass is 19.1. The van der Waals surface area contributed by atoms with Crippen molar-refractivity contribution in [2.75, 3.05) is 6.54 Å². The zero-order chi connectivity index (χ0) is 13.8. The van der Waals surface area contributed by atoms with E-state index in [4.69, 9.17) is 5.11 Å². The lowest BCUT2D eigenvalue weighted by Gasteiger charge is -2.20. The van der Waals surface area contributed by atoms with Crippen molar-refractivity contribution in [2.24, 2.45) is 11.8 Å². The average Bonchev–Trinajstić information content (AvgIpc) is 2.84. The van der Waals surface area contributed by atoms with Gasteiger partial charge in [0.15, 0.2) is 0 Å². The molecular formula is C15H20FNO2. The number of hydrogen-bond acceptors (Lipinski definition) is 2. The normalized spacial score (nSPS) is 24.3. The fourth-order valence-electron chi connectivity index (χ4n) is 2.83. The molecule has 1 fully saturated rings. The Kier molecular flexibility index (Phi) is 4.53. The Labute approximate surface area is 112 Å². The second kappa shape index (κ2) is 6.15.